The zero-order chi connectivity index (χ0) is 22.6. The van der Waals surface area contributed by atoms with Crippen LogP contribution in [0.1, 0.15) is 64.7 Å². The quantitative estimate of drug-likeness (QED) is 0.447. The molecule has 3 rings (SSSR count). The number of phenols is 1. The van der Waals surface area contributed by atoms with Crippen LogP contribution < -0.4 is 4.74 Å². The first-order chi connectivity index (χ1) is 14.3. The average Bonchev–Trinajstić information content (AvgIpc) is 2.74. The van der Waals surface area contributed by atoms with Crippen LogP contribution in [0.3, 0.4) is 0 Å². The summed E-state index contributed by atoms with van der Waals surface area (Å²) in [5.41, 5.74) is 3.21. The Balaban J connectivity index is 0.000000564. The van der Waals surface area contributed by atoms with Gasteiger partial charge in [-0.05, 0) is 53.8 Å². The van der Waals surface area contributed by atoms with Crippen LogP contribution in [0.25, 0.3) is 0 Å². The van der Waals surface area contributed by atoms with E-state index in [0.717, 1.165) is 17.2 Å². The first-order valence-electron chi connectivity index (χ1n) is 10.8. The molecule has 1 atom stereocenters. The number of aromatic hydroxyl groups is 1. The predicted molar refractivity (Wildman–Crippen MR) is 130 cm³/mol. The van der Waals surface area contributed by atoms with E-state index >= 15 is 0 Å². The van der Waals surface area contributed by atoms with E-state index in [1.54, 1.807) is 19.2 Å². The fraction of sp³-hybridized carbons (Fsp3) is 0.357. The summed E-state index contributed by atoms with van der Waals surface area (Å²) in [6.45, 7) is 13.0. The molecule has 0 saturated heterocycles. The Morgan fingerprint density at radius 3 is 1.50 bits per heavy atom. The Morgan fingerprint density at radius 1 is 0.733 bits per heavy atom. The van der Waals surface area contributed by atoms with Gasteiger partial charge in [0.2, 0.25) is 0 Å². The number of methoxy groups -OCH3 is 1. The van der Waals surface area contributed by atoms with E-state index in [2.05, 4.69) is 77.9 Å². The van der Waals surface area contributed by atoms with E-state index in [0.29, 0.717) is 0 Å². The third kappa shape index (κ3) is 7.26. The van der Waals surface area contributed by atoms with Crippen LogP contribution >= 0.6 is 0 Å². The van der Waals surface area contributed by atoms with Gasteiger partial charge >= 0.3 is 0 Å². The Labute approximate surface area is 183 Å². The van der Waals surface area contributed by atoms with Crippen molar-refractivity contribution in [2.45, 2.75) is 53.4 Å². The van der Waals surface area contributed by atoms with E-state index < -0.39 is 0 Å². The normalized spacial score (nSPS) is 12.0. The van der Waals surface area contributed by atoms with E-state index in [1.165, 1.54) is 17.5 Å². The topological polar surface area (TPSA) is 29.5 Å². The van der Waals surface area contributed by atoms with E-state index in [1.807, 2.05) is 30.3 Å². The van der Waals surface area contributed by atoms with Crippen molar-refractivity contribution in [1.29, 1.82) is 0 Å². The Bertz CT molecular complexity index is 818. The monoisotopic (exact) mass is 406 g/mol. The van der Waals surface area contributed by atoms with Gasteiger partial charge in [-0.25, -0.2) is 0 Å². The highest BCUT2D eigenvalue weighted by atomic mass is 16.5. The van der Waals surface area contributed by atoms with Crippen LogP contribution in [0.2, 0.25) is 0 Å². The minimum Gasteiger partial charge on any atom is -0.508 e. The molecule has 162 valence electrons. The lowest BCUT2D eigenvalue weighted by Crippen LogP contribution is -2.25. The van der Waals surface area contributed by atoms with Crippen molar-refractivity contribution in [3.63, 3.8) is 0 Å². The molecule has 3 aromatic rings. The van der Waals surface area contributed by atoms with Crippen LogP contribution in [-0.4, -0.2) is 12.2 Å². The van der Waals surface area contributed by atoms with E-state index in [-0.39, 0.29) is 11.2 Å². The highest BCUT2D eigenvalue weighted by molar-refractivity contribution is 5.51. The number of hydrogen-bond donors (Lipinski definition) is 1. The number of benzene rings is 3. The largest absolute Gasteiger partial charge is 0.508 e. The minimum atomic E-state index is -0.304. The van der Waals surface area contributed by atoms with Crippen LogP contribution in [0.15, 0.2) is 78.9 Å². The van der Waals surface area contributed by atoms with Gasteiger partial charge in [0.25, 0.3) is 0 Å². The molecule has 2 heteroatoms. The third-order valence-corrected chi connectivity index (χ3v) is 4.46. The Kier molecular flexibility index (Phi) is 10.7. The molecule has 0 spiro atoms. The Morgan fingerprint density at radius 2 is 1.10 bits per heavy atom. The predicted octanol–water partition coefficient (Wildman–Crippen LogP) is 7.83. The van der Waals surface area contributed by atoms with Gasteiger partial charge in [0.15, 0.2) is 0 Å². The van der Waals surface area contributed by atoms with Crippen LogP contribution in [0.4, 0.5) is 0 Å². The second kappa shape index (κ2) is 12.7. The number of ether oxygens (including phenoxy) is 1. The van der Waals surface area contributed by atoms with Crippen molar-refractivity contribution in [1.82, 2.24) is 0 Å². The highest BCUT2D eigenvalue weighted by Crippen LogP contribution is 2.39. The molecule has 0 fully saturated rings. The summed E-state index contributed by atoms with van der Waals surface area (Å²) in [7, 11) is 1.67. The van der Waals surface area contributed by atoms with Gasteiger partial charge in [-0.15, -0.1) is 0 Å². The summed E-state index contributed by atoms with van der Waals surface area (Å²) < 4.78 is 5.28. The standard InChI is InChI=1S/C21H20O2.C4H10.C3H8/c1-21(16-6-4-3-5-7-16,17-8-12-19(22)13-9-17)18-10-14-20(23-2)15-11-18;1-4(2)3;1-3-2/h3-15,22H,1-2H3;4H,1-3H3;3H2,1-2H3. The van der Waals surface area contributed by atoms with Gasteiger partial charge in [-0.1, -0.05) is 95.6 Å². The molecule has 2 nitrogen and oxygen atoms in total. The fourth-order valence-corrected chi connectivity index (χ4v) is 2.99. The van der Waals surface area contributed by atoms with Gasteiger partial charge in [0, 0.05) is 5.41 Å². The molecule has 3 aromatic carbocycles. The molecular formula is C28H38O2. The summed E-state index contributed by atoms with van der Waals surface area (Å²) in [6.07, 6.45) is 1.25. The molecule has 0 aliphatic carbocycles. The van der Waals surface area contributed by atoms with Crippen molar-refractivity contribution in [3.8, 4) is 11.5 Å². The third-order valence-electron chi connectivity index (χ3n) is 4.46. The molecule has 1 unspecified atom stereocenters. The summed E-state index contributed by atoms with van der Waals surface area (Å²) >= 11 is 0. The van der Waals surface area contributed by atoms with Crippen LogP contribution in [0, 0.1) is 5.92 Å². The van der Waals surface area contributed by atoms with Crippen molar-refractivity contribution in [2.24, 2.45) is 5.92 Å². The molecule has 1 N–H and O–H groups in total. The summed E-state index contributed by atoms with van der Waals surface area (Å²) in [5.74, 6) is 1.95. The molecule has 0 bridgehead atoms. The SMILES string of the molecule is CC(C)C.CCC.COc1ccc(C(C)(c2ccccc2)c2ccc(O)cc2)cc1. The van der Waals surface area contributed by atoms with E-state index in [4.69, 9.17) is 4.74 Å². The maximum atomic E-state index is 9.62. The molecule has 30 heavy (non-hydrogen) atoms. The molecule has 0 amide bonds. The Hall–Kier alpha value is -2.74. The molecule has 0 saturated carbocycles. The second-order valence-corrected chi connectivity index (χ2v) is 8.21. The van der Waals surface area contributed by atoms with Gasteiger partial charge < -0.3 is 9.84 Å². The average molecular weight is 407 g/mol. The second-order valence-electron chi connectivity index (χ2n) is 8.21. The first kappa shape index (κ1) is 25.3. The lowest BCUT2D eigenvalue weighted by atomic mass is 9.71. The van der Waals surface area contributed by atoms with Crippen LogP contribution in [-0.2, 0) is 5.41 Å². The van der Waals surface area contributed by atoms with E-state index in [9.17, 15) is 5.11 Å². The first-order valence-corrected chi connectivity index (χ1v) is 10.8. The molecule has 0 heterocycles. The van der Waals surface area contributed by atoms with Gasteiger partial charge in [0.05, 0.1) is 7.11 Å². The van der Waals surface area contributed by atoms with Crippen molar-refractivity contribution < 1.29 is 9.84 Å². The highest BCUT2D eigenvalue weighted by Gasteiger charge is 2.31. The number of hydrogen-bond acceptors (Lipinski definition) is 2. The zero-order valence-electron chi connectivity index (χ0n) is 19.6. The molecule has 0 radical (unpaired) electrons. The minimum absolute atomic E-state index is 0.277. The maximum absolute atomic E-state index is 9.62. The zero-order valence-corrected chi connectivity index (χ0v) is 19.6. The molecule has 0 aliphatic rings. The summed E-state index contributed by atoms with van der Waals surface area (Å²) in [4.78, 5) is 0. The molecule has 0 aromatic heterocycles. The van der Waals surface area contributed by atoms with Crippen molar-refractivity contribution >= 4 is 0 Å². The van der Waals surface area contributed by atoms with Crippen molar-refractivity contribution in [3.05, 3.63) is 95.6 Å². The number of phenolic OH excluding ortho intramolecular Hbond substituents is 1. The lowest BCUT2D eigenvalue weighted by molar-refractivity contribution is 0.414. The summed E-state index contributed by atoms with van der Waals surface area (Å²) in [6, 6.07) is 26.0. The van der Waals surface area contributed by atoms with Gasteiger partial charge in [-0.3, -0.25) is 0 Å². The van der Waals surface area contributed by atoms with Crippen LogP contribution in [0.5, 0.6) is 11.5 Å². The summed E-state index contributed by atoms with van der Waals surface area (Å²) in [5, 5.41) is 9.62. The molecular weight excluding hydrogens is 368 g/mol. The van der Waals surface area contributed by atoms with Gasteiger partial charge in [0.1, 0.15) is 11.5 Å². The number of rotatable bonds is 4. The smallest absolute Gasteiger partial charge is 0.118 e. The van der Waals surface area contributed by atoms with Crippen molar-refractivity contribution in [2.75, 3.05) is 7.11 Å². The molecule has 0 aliphatic heterocycles. The fourth-order valence-electron chi connectivity index (χ4n) is 2.99. The maximum Gasteiger partial charge on any atom is 0.118 e. The van der Waals surface area contributed by atoms with Gasteiger partial charge in [-0.2, -0.15) is 0 Å². The lowest BCUT2D eigenvalue weighted by Gasteiger charge is -2.32.